The van der Waals surface area contributed by atoms with Gasteiger partial charge in [0.25, 0.3) is 11.9 Å². The molecule has 0 fully saturated rings. The molecular weight excluding hydrogens is 796 g/mol. The number of rotatable bonds is 50. The molecule has 0 amide bonds. The van der Waals surface area contributed by atoms with Crippen molar-refractivity contribution in [3.05, 3.63) is 0 Å². The minimum atomic E-state index is -1.50. The summed E-state index contributed by atoms with van der Waals surface area (Å²) in [6.07, 6.45) is 1.28. The van der Waals surface area contributed by atoms with Crippen LogP contribution in [-0.2, 0) is 90.1 Å². The van der Waals surface area contributed by atoms with E-state index < -0.39 is 23.8 Å². The van der Waals surface area contributed by atoms with Gasteiger partial charge >= 0.3 is 0 Å². The quantitative estimate of drug-likeness (QED) is 0.0642. The molecule has 0 saturated heterocycles. The summed E-state index contributed by atoms with van der Waals surface area (Å²) in [5, 5.41) is 0. The zero-order valence-corrected chi connectivity index (χ0v) is 38.2. The van der Waals surface area contributed by atoms with Crippen LogP contribution in [-0.4, -0.2) is 219 Å². The number of ketones is 1. The van der Waals surface area contributed by atoms with Crippen LogP contribution in [0.25, 0.3) is 0 Å². The Morgan fingerprint density at radius 2 is 0.500 bits per heavy atom. The Kier molecular flexibility index (Phi) is 42.5. The zero-order valence-electron chi connectivity index (χ0n) is 38.2. The topological polar surface area (TPSA) is 183 Å². The zero-order chi connectivity index (χ0) is 44.3. The van der Waals surface area contributed by atoms with Crippen LogP contribution < -0.4 is 0 Å². The van der Waals surface area contributed by atoms with Crippen LogP contribution in [0.1, 0.15) is 39.5 Å². The first kappa shape index (κ1) is 58.9. The molecule has 60 heavy (non-hydrogen) atoms. The highest BCUT2D eigenvalue weighted by molar-refractivity contribution is 5.82. The van der Waals surface area contributed by atoms with Crippen molar-refractivity contribution < 1.29 is 90.1 Å². The van der Waals surface area contributed by atoms with Gasteiger partial charge in [0.1, 0.15) is 5.78 Å². The fourth-order valence-electron chi connectivity index (χ4n) is 5.24. The number of ether oxygens (including phenoxy) is 18. The predicted molar refractivity (Wildman–Crippen MR) is 219 cm³/mol. The van der Waals surface area contributed by atoms with E-state index in [1.807, 2.05) is 13.8 Å². The molecular formula is C41H82O19. The lowest BCUT2D eigenvalue weighted by Crippen LogP contribution is -2.43. The largest absolute Gasteiger partial charge is 0.382 e. The molecule has 0 aromatic rings. The van der Waals surface area contributed by atoms with Crippen LogP contribution in [0.3, 0.4) is 0 Å². The molecule has 360 valence electrons. The lowest BCUT2D eigenvalue weighted by molar-refractivity contribution is -0.388. The van der Waals surface area contributed by atoms with Gasteiger partial charge in [0.15, 0.2) is 0 Å². The summed E-state index contributed by atoms with van der Waals surface area (Å²) in [5.41, 5.74) is 0. The van der Waals surface area contributed by atoms with Gasteiger partial charge in [-0.05, 0) is 12.8 Å². The highest BCUT2D eigenvalue weighted by atomic mass is 16.9. The van der Waals surface area contributed by atoms with Gasteiger partial charge < -0.3 is 85.3 Å². The fraction of sp³-hybridized carbons (Fsp3) is 0.976. The maximum Gasteiger partial charge on any atom is 0.283 e. The number of methoxy groups -OCH3 is 6. The van der Waals surface area contributed by atoms with Crippen molar-refractivity contribution in [1.29, 1.82) is 0 Å². The maximum absolute atomic E-state index is 14.0. The van der Waals surface area contributed by atoms with E-state index >= 15 is 0 Å². The van der Waals surface area contributed by atoms with Gasteiger partial charge in [0.2, 0.25) is 0 Å². The molecule has 0 aromatic heterocycles. The van der Waals surface area contributed by atoms with Crippen molar-refractivity contribution in [2.45, 2.75) is 51.5 Å². The van der Waals surface area contributed by atoms with Crippen molar-refractivity contribution in [2.75, 3.05) is 201 Å². The standard InChI is InChI=1S/C41H82O19/c1-37(9-11-40(55-31-25-49-19-13-43-3,56-32-26-50-20-14-44-4)57-33-27-51-21-15-45-5)39(42)38(2)10-12-41(58-34-28-52-22-16-46-6,59-35-29-53-23-17-47-7)60-36-30-54-24-18-48-8/h37-38H,9-36H2,1-8H3. The van der Waals surface area contributed by atoms with E-state index in [0.29, 0.717) is 92.1 Å². The highest BCUT2D eigenvalue weighted by Crippen LogP contribution is 2.30. The third-order valence-corrected chi connectivity index (χ3v) is 8.63. The van der Waals surface area contributed by atoms with E-state index in [4.69, 9.17) is 85.3 Å². The molecule has 0 radical (unpaired) electrons. The van der Waals surface area contributed by atoms with Crippen molar-refractivity contribution in [2.24, 2.45) is 11.8 Å². The highest BCUT2D eigenvalue weighted by Gasteiger charge is 2.38. The number of hydrogen-bond donors (Lipinski definition) is 0. The minimum absolute atomic E-state index is 0.0418. The van der Waals surface area contributed by atoms with Gasteiger partial charge in [-0.3, -0.25) is 4.79 Å². The normalized spacial score (nSPS) is 13.3. The van der Waals surface area contributed by atoms with Crippen LogP contribution in [0.5, 0.6) is 0 Å². The Morgan fingerprint density at radius 3 is 0.683 bits per heavy atom. The van der Waals surface area contributed by atoms with Gasteiger partial charge in [-0.15, -0.1) is 0 Å². The van der Waals surface area contributed by atoms with Crippen molar-refractivity contribution in [3.8, 4) is 0 Å². The van der Waals surface area contributed by atoms with Crippen molar-refractivity contribution >= 4 is 5.78 Å². The molecule has 0 heterocycles. The van der Waals surface area contributed by atoms with Crippen molar-refractivity contribution in [1.82, 2.24) is 0 Å². The van der Waals surface area contributed by atoms with Gasteiger partial charge in [0.05, 0.1) is 159 Å². The molecule has 2 atom stereocenters. The van der Waals surface area contributed by atoms with E-state index in [9.17, 15) is 4.79 Å². The van der Waals surface area contributed by atoms with E-state index in [1.165, 1.54) is 0 Å². The SMILES string of the molecule is COCCOCCOC(CCC(C)C(=O)C(C)CCC(OCCOCCOC)(OCCOCCOC)OCCOCCOC)(OCCOCCOC)OCCOCCOC. The van der Waals surface area contributed by atoms with E-state index in [-0.39, 0.29) is 97.9 Å². The minimum Gasteiger partial charge on any atom is -0.382 e. The van der Waals surface area contributed by atoms with Crippen LogP contribution >= 0.6 is 0 Å². The molecule has 0 aliphatic heterocycles. The van der Waals surface area contributed by atoms with Gasteiger partial charge in [-0.2, -0.15) is 0 Å². The molecule has 0 aliphatic carbocycles. The fourth-order valence-corrected chi connectivity index (χ4v) is 5.24. The Bertz CT molecular complexity index is 755. The van der Waals surface area contributed by atoms with E-state index in [2.05, 4.69) is 0 Å². The molecule has 0 N–H and O–H groups in total. The first-order chi connectivity index (χ1) is 29.3. The summed E-state index contributed by atoms with van der Waals surface area (Å²) in [7, 11) is 9.66. The average Bonchev–Trinajstić information content (AvgIpc) is 3.26. The monoisotopic (exact) mass is 879 g/mol. The summed E-state index contributed by atoms with van der Waals surface area (Å²) in [6.45, 7) is 11.7. The van der Waals surface area contributed by atoms with E-state index in [0.717, 1.165) is 0 Å². The Hall–Kier alpha value is -1.05. The Balaban J connectivity index is 5.95. The molecule has 0 aromatic carbocycles. The van der Waals surface area contributed by atoms with Gasteiger partial charge in [-0.25, -0.2) is 0 Å². The number of carbonyl (C=O) groups excluding carboxylic acids is 1. The predicted octanol–water partition coefficient (Wildman–Crippen LogP) is 2.77. The third kappa shape index (κ3) is 33.5. The second-order valence-electron chi connectivity index (χ2n) is 13.4. The van der Waals surface area contributed by atoms with Crippen LogP contribution in [0.4, 0.5) is 0 Å². The second kappa shape index (κ2) is 43.2. The average molecular weight is 879 g/mol. The summed E-state index contributed by atoms with van der Waals surface area (Å²) in [6, 6.07) is 0. The maximum atomic E-state index is 14.0. The Morgan fingerprint density at radius 1 is 0.317 bits per heavy atom. The number of carbonyl (C=O) groups is 1. The smallest absolute Gasteiger partial charge is 0.283 e. The molecule has 0 spiro atoms. The summed E-state index contributed by atoms with van der Waals surface area (Å²) in [4.78, 5) is 14.0. The molecule has 0 bridgehead atoms. The lowest BCUT2D eigenvalue weighted by atomic mass is 9.88. The van der Waals surface area contributed by atoms with Crippen molar-refractivity contribution in [3.63, 3.8) is 0 Å². The van der Waals surface area contributed by atoms with Crippen LogP contribution in [0.15, 0.2) is 0 Å². The molecule has 2 unspecified atom stereocenters. The molecule has 19 nitrogen and oxygen atoms in total. The van der Waals surface area contributed by atoms with Crippen LogP contribution in [0, 0.1) is 11.8 Å². The lowest BCUT2D eigenvalue weighted by Gasteiger charge is -2.35. The third-order valence-electron chi connectivity index (χ3n) is 8.63. The number of Topliss-reactive ketones (excluding diaryl/α,β-unsaturated/α-hetero) is 1. The van der Waals surface area contributed by atoms with E-state index in [1.54, 1.807) is 42.7 Å². The summed E-state index contributed by atoms with van der Waals surface area (Å²) < 4.78 is 102. The molecule has 0 saturated carbocycles. The Labute approximate surface area is 360 Å². The van der Waals surface area contributed by atoms with Gasteiger partial charge in [0, 0.05) is 67.3 Å². The first-order valence-corrected chi connectivity index (χ1v) is 21.1. The molecule has 0 rings (SSSR count). The first-order valence-electron chi connectivity index (χ1n) is 21.1. The molecule has 19 heteroatoms. The number of hydrogen-bond acceptors (Lipinski definition) is 19. The molecule has 0 aliphatic rings. The summed E-state index contributed by atoms with van der Waals surface area (Å²) in [5.74, 6) is -3.73. The van der Waals surface area contributed by atoms with Crippen LogP contribution in [0.2, 0.25) is 0 Å². The summed E-state index contributed by atoms with van der Waals surface area (Å²) >= 11 is 0. The van der Waals surface area contributed by atoms with Gasteiger partial charge in [-0.1, -0.05) is 13.8 Å². The second-order valence-corrected chi connectivity index (χ2v) is 13.4.